The van der Waals surface area contributed by atoms with Crippen LogP contribution in [0.4, 0.5) is 0 Å². The lowest BCUT2D eigenvalue weighted by atomic mass is 9.89. The van der Waals surface area contributed by atoms with Gasteiger partial charge in [-0.15, -0.1) is 0 Å². The first-order valence-electron chi connectivity index (χ1n) is 10.8. The Labute approximate surface area is 168 Å². The molecule has 0 aromatic heterocycles. The van der Waals surface area contributed by atoms with Crippen LogP contribution in [0.3, 0.4) is 0 Å². The van der Waals surface area contributed by atoms with Gasteiger partial charge in [0.05, 0.1) is 0 Å². The fraction of sp³-hybridized carbons (Fsp3) is 0.652. The van der Waals surface area contributed by atoms with E-state index in [0.717, 1.165) is 51.6 Å². The minimum Gasteiger partial charge on any atom is -0.384 e. The Hall–Kier alpha value is -1.88. The third-order valence-electron chi connectivity index (χ3n) is 6.38. The minimum absolute atomic E-state index is 0.173. The lowest BCUT2D eigenvalue weighted by molar-refractivity contribution is -0.141. The molecular formula is C23H34N2O3. The summed E-state index contributed by atoms with van der Waals surface area (Å²) in [5.41, 5.74) is 1.40. The molecule has 2 heterocycles. The molecule has 0 aliphatic carbocycles. The minimum atomic E-state index is -0.914. The van der Waals surface area contributed by atoms with Crippen LogP contribution in [-0.4, -0.2) is 59.0 Å². The van der Waals surface area contributed by atoms with Crippen LogP contribution in [0, 0.1) is 11.8 Å². The Morgan fingerprint density at radius 2 is 1.54 bits per heavy atom. The molecule has 28 heavy (non-hydrogen) atoms. The van der Waals surface area contributed by atoms with Crippen LogP contribution in [0.15, 0.2) is 30.3 Å². The lowest BCUT2D eigenvalue weighted by Crippen LogP contribution is -2.43. The highest BCUT2D eigenvalue weighted by Crippen LogP contribution is 2.25. The smallest absolute Gasteiger partial charge is 0.251 e. The molecule has 0 radical (unpaired) electrons. The summed E-state index contributed by atoms with van der Waals surface area (Å²) in [6, 6.07) is 10.6. The molecule has 5 nitrogen and oxygen atoms in total. The summed E-state index contributed by atoms with van der Waals surface area (Å²) in [4.78, 5) is 28.2. The topological polar surface area (TPSA) is 60.9 Å². The van der Waals surface area contributed by atoms with Crippen molar-refractivity contribution >= 4 is 11.8 Å². The van der Waals surface area contributed by atoms with Crippen LogP contribution >= 0.6 is 0 Å². The summed E-state index contributed by atoms with van der Waals surface area (Å²) >= 11 is 0. The third-order valence-corrected chi connectivity index (χ3v) is 6.38. The number of nitrogens with zero attached hydrogens (tertiary/aromatic N) is 2. The molecule has 2 fully saturated rings. The second-order valence-corrected chi connectivity index (χ2v) is 8.50. The summed E-state index contributed by atoms with van der Waals surface area (Å²) in [5, 5.41) is 9.42. The molecule has 1 atom stereocenters. The largest absolute Gasteiger partial charge is 0.384 e. The van der Waals surface area contributed by atoms with Crippen LogP contribution in [0.1, 0.15) is 51.0 Å². The van der Waals surface area contributed by atoms with E-state index in [1.165, 1.54) is 12.5 Å². The van der Waals surface area contributed by atoms with E-state index < -0.39 is 6.10 Å². The normalized spacial score (nSPS) is 20.2. The van der Waals surface area contributed by atoms with Crippen molar-refractivity contribution in [2.45, 2.75) is 58.0 Å². The van der Waals surface area contributed by atoms with Gasteiger partial charge in [-0.25, -0.2) is 0 Å². The molecule has 0 bridgehead atoms. The summed E-state index contributed by atoms with van der Waals surface area (Å²) in [5.74, 6) is 1.31. The van der Waals surface area contributed by atoms with Gasteiger partial charge in [-0.1, -0.05) is 30.3 Å². The zero-order chi connectivity index (χ0) is 19.9. The highest BCUT2D eigenvalue weighted by atomic mass is 16.3. The van der Waals surface area contributed by atoms with E-state index in [0.29, 0.717) is 37.3 Å². The molecule has 0 spiro atoms. The molecule has 1 aromatic rings. The Bertz CT molecular complexity index is 631. The fourth-order valence-corrected chi connectivity index (χ4v) is 4.53. The van der Waals surface area contributed by atoms with Crippen molar-refractivity contribution in [3.63, 3.8) is 0 Å². The van der Waals surface area contributed by atoms with Crippen molar-refractivity contribution in [3.8, 4) is 0 Å². The summed E-state index contributed by atoms with van der Waals surface area (Å²) < 4.78 is 0. The first kappa shape index (κ1) is 20.8. The van der Waals surface area contributed by atoms with E-state index in [-0.39, 0.29) is 5.91 Å². The Kier molecular flexibility index (Phi) is 7.49. The van der Waals surface area contributed by atoms with Crippen LogP contribution < -0.4 is 0 Å². The molecule has 5 heteroatoms. The number of piperidine rings is 2. The van der Waals surface area contributed by atoms with Crippen LogP contribution in [0.5, 0.6) is 0 Å². The van der Waals surface area contributed by atoms with Crippen molar-refractivity contribution < 1.29 is 14.7 Å². The second-order valence-electron chi connectivity index (χ2n) is 8.50. The Morgan fingerprint density at radius 1 is 0.964 bits per heavy atom. The first-order valence-corrected chi connectivity index (χ1v) is 10.8. The number of likely N-dealkylation sites (tertiary alicyclic amines) is 2. The standard InChI is InChI=1S/C23H34N2O3/c1-18(26)23(28)25-15-9-19(10-16-25)7-8-22(27)24-13-11-21(12-14-24)17-20-5-3-2-4-6-20/h2-6,18-19,21,26H,7-17H2,1H3. The SMILES string of the molecule is CC(O)C(=O)N1CCC(CCC(=O)N2CCC(Cc3ccccc3)CC2)CC1. The van der Waals surface area contributed by atoms with Gasteiger partial charge in [-0.05, 0) is 62.8 Å². The molecule has 3 rings (SSSR count). The van der Waals surface area contributed by atoms with Gasteiger partial charge in [0.2, 0.25) is 5.91 Å². The van der Waals surface area contributed by atoms with Gasteiger partial charge in [-0.2, -0.15) is 0 Å². The number of carbonyl (C=O) groups excluding carboxylic acids is 2. The van der Waals surface area contributed by atoms with Gasteiger partial charge in [0.25, 0.3) is 5.91 Å². The van der Waals surface area contributed by atoms with Crippen LogP contribution in [0.2, 0.25) is 0 Å². The van der Waals surface area contributed by atoms with Gasteiger partial charge in [0.1, 0.15) is 6.10 Å². The maximum atomic E-state index is 12.6. The van der Waals surface area contributed by atoms with Crippen LogP contribution in [-0.2, 0) is 16.0 Å². The van der Waals surface area contributed by atoms with E-state index in [9.17, 15) is 14.7 Å². The average Bonchev–Trinajstić information content (AvgIpc) is 2.73. The number of aliphatic hydroxyl groups excluding tert-OH is 1. The number of amides is 2. The van der Waals surface area contributed by atoms with E-state index in [4.69, 9.17) is 0 Å². The zero-order valence-electron chi connectivity index (χ0n) is 17.1. The van der Waals surface area contributed by atoms with Crippen molar-refractivity contribution in [1.29, 1.82) is 0 Å². The number of carbonyl (C=O) groups is 2. The molecular weight excluding hydrogens is 352 g/mol. The van der Waals surface area contributed by atoms with Crippen molar-refractivity contribution in [2.75, 3.05) is 26.2 Å². The van der Waals surface area contributed by atoms with Crippen molar-refractivity contribution in [3.05, 3.63) is 35.9 Å². The highest BCUT2D eigenvalue weighted by molar-refractivity contribution is 5.80. The van der Waals surface area contributed by atoms with E-state index in [2.05, 4.69) is 30.3 Å². The molecule has 2 aliphatic rings. The molecule has 1 N–H and O–H groups in total. The first-order chi connectivity index (χ1) is 13.5. The maximum Gasteiger partial charge on any atom is 0.251 e. The molecule has 1 aromatic carbocycles. The predicted molar refractivity (Wildman–Crippen MR) is 110 cm³/mol. The van der Waals surface area contributed by atoms with Gasteiger partial charge in [-0.3, -0.25) is 9.59 Å². The van der Waals surface area contributed by atoms with Gasteiger partial charge >= 0.3 is 0 Å². The molecule has 2 aliphatic heterocycles. The molecule has 2 amide bonds. The predicted octanol–water partition coefficient (Wildman–Crippen LogP) is 2.87. The molecule has 0 saturated carbocycles. The van der Waals surface area contributed by atoms with Gasteiger partial charge in [0.15, 0.2) is 0 Å². The van der Waals surface area contributed by atoms with Crippen molar-refractivity contribution in [1.82, 2.24) is 9.80 Å². The number of hydrogen-bond acceptors (Lipinski definition) is 3. The zero-order valence-corrected chi connectivity index (χ0v) is 17.1. The monoisotopic (exact) mass is 386 g/mol. The Morgan fingerprint density at radius 3 is 2.14 bits per heavy atom. The van der Waals surface area contributed by atoms with Gasteiger partial charge < -0.3 is 14.9 Å². The number of aliphatic hydroxyl groups is 1. The third kappa shape index (κ3) is 5.81. The van der Waals surface area contributed by atoms with E-state index >= 15 is 0 Å². The van der Waals surface area contributed by atoms with Crippen LogP contribution in [0.25, 0.3) is 0 Å². The number of hydrogen-bond donors (Lipinski definition) is 1. The van der Waals surface area contributed by atoms with Gasteiger partial charge in [0, 0.05) is 32.6 Å². The second kappa shape index (κ2) is 10.1. The molecule has 1 unspecified atom stereocenters. The number of rotatable bonds is 6. The molecule has 154 valence electrons. The summed E-state index contributed by atoms with van der Waals surface area (Å²) in [6.45, 7) is 4.70. The van der Waals surface area contributed by atoms with E-state index in [1.807, 2.05) is 4.90 Å². The quantitative estimate of drug-likeness (QED) is 0.818. The number of benzene rings is 1. The highest BCUT2D eigenvalue weighted by Gasteiger charge is 2.27. The summed E-state index contributed by atoms with van der Waals surface area (Å²) in [7, 11) is 0. The summed E-state index contributed by atoms with van der Waals surface area (Å²) in [6.07, 6.45) is 5.81. The lowest BCUT2D eigenvalue weighted by Gasteiger charge is -2.34. The Balaban J connectivity index is 1.33. The van der Waals surface area contributed by atoms with E-state index in [1.54, 1.807) is 4.90 Å². The maximum absolute atomic E-state index is 12.6. The van der Waals surface area contributed by atoms with Crippen molar-refractivity contribution in [2.24, 2.45) is 11.8 Å². The average molecular weight is 387 g/mol. The molecule has 2 saturated heterocycles. The fourth-order valence-electron chi connectivity index (χ4n) is 4.53.